The highest BCUT2D eigenvalue weighted by Crippen LogP contribution is 2.29. The van der Waals surface area contributed by atoms with E-state index in [4.69, 9.17) is 9.47 Å². The topological polar surface area (TPSA) is 64.6 Å². The molecule has 0 heterocycles. The molecule has 0 unspecified atom stereocenters. The quantitative estimate of drug-likeness (QED) is 0.738. The lowest BCUT2D eigenvalue weighted by Gasteiger charge is -2.26. The molecule has 1 amide bonds. The third kappa shape index (κ3) is 5.12. The van der Waals surface area contributed by atoms with Crippen molar-refractivity contribution in [1.82, 2.24) is 5.32 Å². The van der Waals surface area contributed by atoms with Gasteiger partial charge < -0.3 is 14.8 Å². The summed E-state index contributed by atoms with van der Waals surface area (Å²) in [6.07, 6.45) is 2.96. The number of esters is 1. The highest BCUT2D eigenvalue weighted by atomic mass is 16.6. The molecule has 1 aliphatic rings. The molecule has 5 heteroatoms. The van der Waals surface area contributed by atoms with Crippen LogP contribution in [0.2, 0.25) is 0 Å². The van der Waals surface area contributed by atoms with Crippen molar-refractivity contribution < 1.29 is 19.1 Å². The standard InChI is InChI=1S/C23H27NO4/c1-16(2)18-10-5-6-13-21(18)27-15-23(26)28-14-22(25)24-20-12-7-9-17-8-3-4-11-19(17)20/h3-6,8,10-11,13,16,20H,7,9,12,14-15H2,1-2H3,(H,24,25)/t20-/m1/s1. The maximum absolute atomic E-state index is 12.2. The summed E-state index contributed by atoms with van der Waals surface area (Å²) in [4.78, 5) is 24.2. The summed E-state index contributed by atoms with van der Waals surface area (Å²) < 4.78 is 10.7. The second kappa shape index (κ2) is 9.40. The van der Waals surface area contributed by atoms with Crippen LogP contribution in [0.3, 0.4) is 0 Å². The van der Waals surface area contributed by atoms with E-state index < -0.39 is 5.97 Å². The molecule has 1 atom stereocenters. The fourth-order valence-electron chi connectivity index (χ4n) is 3.55. The lowest BCUT2D eigenvalue weighted by Crippen LogP contribution is -2.34. The Morgan fingerprint density at radius 2 is 1.82 bits per heavy atom. The van der Waals surface area contributed by atoms with E-state index in [-0.39, 0.29) is 31.1 Å². The van der Waals surface area contributed by atoms with Gasteiger partial charge in [0, 0.05) is 0 Å². The van der Waals surface area contributed by atoms with E-state index in [0.29, 0.717) is 5.75 Å². The monoisotopic (exact) mass is 381 g/mol. The predicted molar refractivity (Wildman–Crippen MR) is 107 cm³/mol. The second-order valence-corrected chi connectivity index (χ2v) is 7.35. The minimum atomic E-state index is -0.558. The Morgan fingerprint density at radius 3 is 2.64 bits per heavy atom. The van der Waals surface area contributed by atoms with Crippen LogP contribution >= 0.6 is 0 Å². The number of rotatable bonds is 7. The van der Waals surface area contributed by atoms with E-state index in [1.54, 1.807) is 0 Å². The molecule has 2 aromatic rings. The van der Waals surface area contributed by atoms with E-state index in [2.05, 4.69) is 25.2 Å². The Morgan fingerprint density at radius 1 is 1.07 bits per heavy atom. The molecule has 2 aromatic carbocycles. The number of hydrogen-bond acceptors (Lipinski definition) is 4. The molecule has 1 aliphatic carbocycles. The summed E-state index contributed by atoms with van der Waals surface area (Å²) in [7, 11) is 0. The van der Waals surface area contributed by atoms with Gasteiger partial charge in [-0.05, 0) is 47.9 Å². The van der Waals surface area contributed by atoms with Crippen molar-refractivity contribution in [3.8, 4) is 5.75 Å². The second-order valence-electron chi connectivity index (χ2n) is 7.35. The summed E-state index contributed by atoms with van der Waals surface area (Å²) in [6, 6.07) is 15.7. The lowest BCUT2D eigenvalue weighted by molar-refractivity contribution is -0.150. The van der Waals surface area contributed by atoms with E-state index in [1.807, 2.05) is 42.5 Å². The Bertz CT molecular complexity index is 831. The van der Waals surface area contributed by atoms with Gasteiger partial charge in [-0.15, -0.1) is 0 Å². The van der Waals surface area contributed by atoms with Crippen LogP contribution in [0.25, 0.3) is 0 Å². The van der Waals surface area contributed by atoms with Crippen molar-refractivity contribution in [2.45, 2.75) is 45.1 Å². The smallest absolute Gasteiger partial charge is 0.344 e. The van der Waals surface area contributed by atoms with Gasteiger partial charge in [0.05, 0.1) is 6.04 Å². The number of carbonyl (C=O) groups is 2. The van der Waals surface area contributed by atoms with E-state index >= 15 is 0 Å². The third-order valence-electron chi connectivity index (χ3n) is 4.96. The van der Waals surface area contributed by atoms with Crippen LogP contribution < -0.4 is 10.1 Å². The first-order valence-corrected chi connectivity index (χ1v) is 9.79. The first-order valence-electron chi connectivity index (χ1n) is 9.79. The van der Waals surface area contributed by atoms with Crippen LogP contribution in [-0.2, 0) is 20.7 Å². The zero-order valence-electron chi connectivity index (χ0n) is 16.4. The number of amides is 1. The SMILES string of the molecule is CC(C)c1ccccc1OCC(=O)OCC(=O)N[C@@H]1CCCc2ccccc21. The van der Waals surface area contributed by atoms with Crippen LogP contribution in [0.4, 0.5) is 0 Å². The maximum Gasteiger partial charge on any atom is 0.344 e. The maximum atomic E-state index is 12.2. The van der Waals surface area contributed by atoms with Crippen LogP contribution in [0.15, 0.2) is 48.5 Å². The van der Waals surface area contributed by atoms with E-state index in [0.717, 1.165) is 30.4 Å². The Hall–Kier alpha value is -2.82. The predicted octanol–water partition coefficient (Wildman–Crippen LogP) is 3.93. The number of aryl methyl sites for hydroxylation is 1. The molecule has 0 saturated heterocycles. The Labute approximate surface area is 166 Å². The molecule has 5 nitrogen and oxygen atoms in total. The summed E-state index contributed by atoms with van der Waals surface area (Å²) in [5.41, 5.74) is 3.46. The van der Waals surface area contributed by atoms with Crippen LogP contribution in [0.5, 0.6) is 5.75 Å². The van der Waals surface area contributed by atoms with Gasteiger partial charge in [0.2, 0.25) is 0 Å². The Balaban J connectivity index is 1.46. The number of fused-ring (bicyclic) bond motifs is 1. The number of benzene rings is 2. The van der Waals surface area contributed by atoms with Gasteiger partial charge >= 0.3 is 5.97 Å². The molecular formula is C23H27NO4. The molecule has 3 rings (SSSR count). The molecule has 28 heavy (non-hydrogen) atoms. The Kier molecular flexibility index (Phi) is 6.69. The van der Waals surface area contributed by atoms with Crippen LogP contribution in [0, 0.1) is 0 Å². The number of ether oxygens (including phenoxy) is 2. The molecule has 0 radical (unpaired) electrons. The van der Waals surface area contributed by atoms with Gasteiger partial charge in [-0.3, -0.25) is 4.79 Å². The van der Waals surface area contributed by atoms with E-state index in [9.17, 15) is 9.59 Å². The number of carbonyl (C=O) groups excluding carboxylic acids is 2. The van der Waals surface area contributed by atoms with Crippen molar-refractivity contribution in [2.24, 2.45) is 0 Å². The first-order chi connectivity index (χ1) is 13.5. The van der Waals surface area contributed by atoms with Crippen molar-refractivity contribution in [1.29, 1.82) is 0 Å². The lowest BCUT2D eigenvalue weighted by atomic mass is 9.88. The fourth-order valence-corrected chi connectivity index (χ4v) is 3.55. The van der Waals surface area contributed by atoms with Crippen molar-refractivity contribution in [3.05, 3.63) is 65.2 Å². The minimum Gasteiger partial charge on any atom is -0.482 e. The normalized spacial score (nSPS) is 15.6. The van der Waals surface area contributed by atoms with Gasteiger partial charge in [0.25, 0.3) is 5.91 Å². The van der Waals surface area contributed by atoms with Crippen molar-refractivity contribution in [2.75, 3.05) is 13.2 Å². The highest BCUT2D eigenvalue weighted by Gasteiger charge is 2.21. The number of nitrogens with one attached hydrogen (secondary N) is 1. The summed E-state index contributed by atoms with van der Waals surface area (Å²) >= 11 is 0. The third-order valence-corrected chi connectivity index (χ3v) is 4.96. The van der Waals surface area contributed by atoms with Crippen molar-refractivity contribution >= 4 is 11.9 Å². The van der Waals surface area contributed by atoms with Crippen molar-refractivity contribution in [3.63, 3.8) is 0 Å². The van der Waals surface area contributed by atoms with Gasteiger partial charge in [-0.25, -0.2) is 4.79 Å². The van der Waals surface area contributed by atoms with Gasteiger partial charge in [0.1, 0.15) is 5.75 Å². The fraction of sp³-hybridized carbons (Fsp3) is 0.391. The number of para-hydroxylation sites is 1. The molecule has 0 aliphatic heterocycles. The van der Waals surface area contributed by atoms with Crippen LogP contribution in [-0.4, -0.2) is 25.1 Å². The molecule has 0 saturated carbocycles. The minimum absolute atomic E-state index is 0.0229. The summed E-state index contributed by atoms with van der Waals surface area (Å²) in [6.45, 7) is 3.61. The largest absolute Gasteiger partial charge is 0.482 e. The molecule has 0 aromatic heterocycles. The average Bonchev–Trinajstić information content (AvgIpc) is 2.71. The summed E-state index contributed by atoms with van der Waals surface area (Å²) in [5.74, 6) is 0.101. The van der Waals surface area contributed by atoms with Crippen LogP contribution in [0.1, 0.15) is 55.3 Å². The molecule has 0 bridgehead atoms. The van der Waals surface area contributed by atoms with Gasteiger partial charge in [-0.2, -0.15) is 0 Å². The zero-order chi connectivity index (χ0) is 19.9. The molecular weight excluding hydrogens is 354 g/mol. The van der Waals surface area contributed by atoms with Gasteiger partial charge in [0.15, 0.2) is 13.2 Å². The first kappa shape index (κ1) is 19.9. The number of hydrogen-bond donors (Lipinski definition) is 1. The highest BCUT2D eigenvalue weighted by molar-refractivity contribution is 5.81. The van der Waals surface area contributed by atoms with E-state index in [1.165, 1.54) is 5.56 Å². The zero-order valence-corrected chi connectivity index (χ0v) is 16.4. The molecule has 1 N–H and O–H groups in total. The molecule has 0 fully saturated rings. The molecule has 0 spiro atoms. The summed E-state index contributed by atoms with van der Waals surface area (Å²) in [5, 5.41) is 2.97. The average molecular weight is 381 g/mol. The van der Waals surface area contributed by atoms with Gasteiger partial charge in [-0.1, -0.05) is 56.3 Å². The molecule has 148 valence electrons.